The van der Waals surface area contributed by atoms with Crippen LogP contribution >= 0.6 is 0 Å². The number of carbonyl (C=O) groups is 2. The van der Waals surface area contributed by atoms with Crippen LogP contribution in [0.2, 0.25) is 0 Å². The fourth-order valence-electron chi connectivity index (χ4n) is 1.64. The van der Waals surface area contributed by atoms with Gasteiger partial charge < -0.3 is 15.1 Å². The van der Waals surface area contributed by atoms with Crippen LogP contribution in [-0.4, -0.2) is 34.8 Å². The zero-order valence-electron chi connectivity index (χ0n) is 12.0. The van der Waals surface area contributed by atoms with Gasteiger partial charge in [-0.05, 0) is 24.3 Å². The topological polar surface area (TPSA) is 128 Å². The van der Waals surface area contributed by atoms with E-state index in [1.54, 1.807) is 12.1 Å². The van der Waals surface area contributed by atoms with E-state index in [0.717, 1.165) is 18.6 Å². The fraction of sp³-hybridized carbons (Fsp3) is 0.0714. The van der Waals surface area contributed by atoms with Crippen molar-refractivity contribution in [2.75, 3.05) is 7.11 Å². The van der Waals surface area contributed by atoms with Gasteiger partial charge in [0.1, 0.15) is 5.75 Å². The number of aromatic nitrogens is 2. The minimum Gasteiger partial charge on any atom is -0.619 e. The molecular weight excluding hydrogens is 304 g/mol. The molecule has 2 rings (SSSR count). The number of ether oxygens (including phenoxy) is 1. The van der Waals surface area contributed by atoms with E-state index >= 15 is 0 Å². The van der Waals surface area contributed by atoms with Crippen LogP contribution < -0.4 is 14.9 Å². The third-order valence-corrected chi connectivity index (χ3v) is 2.74. The normalized spacial score (nSPS) is 10.9. The van der Waals surface area contributed by atoms with Gasteiger partial charge >= 0.3 is 5.97 Å². The molecule has 0 unspecified atom stereocenters. The minimum absolute atomic E-state index is 0.189. The van der Waals surface area contributed by atoms with Crippen molar-refractivity contribution in [3.8, 4) is 5.75 Å². The first-order valence-corrected chi connectivity index (χ1v) is 6.32. The summed E-state index contributed by atoms with van der Waals surface area (Å²) in [7, 11) is 1.48. The number of aliphatic carboxylic acids is 1. The zero-order chi connectivity index (χ0) is 16.8. The highest BCUT2D eigenvalue weighted by molar-refractivity contribution is 6.42. The van der Waals surface area contributed by atoms with Crippen molar-refractivity contribution >= 4 is 17.6 Å². The van der Waals surface area contributed by atoms with Crippen LogP contribution in [0.25, 0.3) is 0 Å². The van der Waals surface area contributed by atoms with Gasteiger partial charge in [-0.3, -0.25) is 4.79 Å². The lowest BCUT2D eigenvalue weighted by atomic mass is 10.1. The number of rotatable bonds is 5. The second-order valence-electron chi connectivity index (χ2n) is 4.24. The van der Waals surface area contributed by atoms with E-state index in [-0.39, 0.29) is 17.0 Å². The number of hydrazone groups is 1. The monoisotopic (exact) mass is 316 g/mol. The average molecular weight is 316 g/mol. The number of amides is 1. The van der Waals surface area contributed by atoms with Crippen LogP contribution in [0.3, 0.4) is 0 Å². The fourth-order valence-corrected chi connectivity index (χ4v) is 1.64. The summed E-state index contributed by atoms with van der Waals surface area (Å²) in [5, 5.41) is 23.9. The van der Waals surface area contributed by atoms with E-state index in [2.05, 4.69) is 15.5 Å². The summed E-state index contributed by atoms with van der Waals surface area (Å²) in [6.07, 6.45) is 3.20. The second kappa shape index (κ2) is 6.98. The highest BCUT2D eigenvalue weighted by Gasteiger charge is 2.15. The summed E-state index contributed by atoms with van der Waals surface area (Å²) in [6, 6.07) is 6.11. The van der Waals surface area contributed by atoms with Gasteiger partial charge in [-0.1, -0.05) is 0 Å². The maximum Gasteiger partial charge on any atom is 0.356 e. The highest BCUT2D eigenvalue weighted by atomic mass is 16.5. The number of benzene rings is 1. The maximum absolute atomic E-state index is 11.8. The van der Waals surface area contributed by atoms with Gasteiger partial charge in [0.15, 0.2) is 17.6 Å². The molecule has 1 aromatic carbocycles. The van der Waals surface area contributed by atoms with E-state index in [4.69, 9.17) is 4.74 Å². The lowest BCUT2D eigenvalue weighted by Gasteiger charge is -2.04. The van der Waals surface area contributed by atoms with Crippen molar-refractivity contribution in [1.82, 2.24) is 10.4 Å². The highest BCUT2D eigenvalue weighted by Crippen LogP contribution is 2.12. The van der Waals surface area contributed by atoms with Gasteiger partial charge in [0.2, 0.25) is 6.20 Å². The number of hydrogen-bond acceptors (Lipinski definition) is 6. The molecule has 0 atom stereocenters. The molecule has 0 radical (unpaired) electrons. The number of hydrogen-bond donors (Lipinski definition) is 2. The SMILES string of the molecule is COc1ccc(/C(=N/NC(=O)c2c[n+]([O-])ccn2)C(=O)O)cc1. The predicted molar refractivity (Wildman–Crippen MR) is 77.8 cm³/mol. The van der Waals surface area contributed by atoms with Gasteiger partial charge in [0.05, 0.1) is 13.3 Å². The molecule has 2 aromatic rings. The first-order valence-electron chi connectivity index (χ1n) is 6.32. The summed E-state index contributed by atoms with van der Waals surface area (Å²) in [4.78, 5) is 26.8. The Hall–Kier alpha value is -3.49. The van der Waals surface area contributed by atoms with Gasteiger partial charge in [0.25, 0.3) is 5.91 Å². The van der Waals surface area contributed by atoms with E-state index in [1.807, 2.05) is 0 Å². The standard InChI is InChI=1S/C14H12N4O5/c1-23-10-4-2-9(3-5-10)12(14(20)21)16-17-13(19)11-8-18(22)7-6-15-11/h2-8H,1H3,(H,17,19)(H,20,21)/b16-12-. The van der Waals surface area contributed by atoms with E-state index < -0.39 is 11.9 Å². The first kappa shape index (κ1) is 15.9. The second-order valence-corrected chi connectivity index (χ2v) is 4.24. The molecule has 9 heteroatoms. The van der Waals surface area contributed by atoms with Crippen LogP contribution in [-0.2, 0) is 4.79 Å². The summed E-state index contributed by atoms with van der Waals surface area (Å²) < 4.78 is 5.38. The molecule has 9 nitrogen and oxygen atoms in total. The largest absolute Gasteiger partial charge is 0.619 e. The molecule has 1 heterocycles. The van der Waals surface area contributed by atoms with Gasteiger partial charge in [-0.25, -0.2) is 15.2 Å². The molecule has 0 spiro atoms. The number of carbonyl (C=O) groups excluding carboxylic acids is 1. The molecule has 1 aromatic heterocycles. The average Bonchev–Trinajstić information content (AvgIpc) is 2.55. The van der Waals surface area contributed by atoms with Gasteiger partial charge in [-0.15, -0.1) is 0 Å². The van der Waals surface area contributed by atoms with Crippen LogP contribution in [0, 0.1) is 5.21 Å². The van der Waals surface area contributed by atoms with Crippen LogP contribution in [0.4, 0.5) is 0 Å². The van der Waals surface area contributed by atoms with Crippen molar-refractivity contribution in [1.29, 1.82) is 0 Å². The van der Waals surface area contributed by atoms with Crippen LogP contribution in [0.1, 0.15) is 16.1 Å². The number of methoxy groups -OCH3 is 1. The zero-order valence-corrected chi connectivity index (χ0v) is 12.0. The quantitative estimate of drug-likeness (QED) is 0.344. The van der Waals surface area contributed by atoms with E-state index in [1.165, 1.54) is 19.2 Å². The molecule has 0 bridgehead atoms. The smallest absolute Gasteiger partial charge is 0.356 e. The number of carboxylic acid groups (broad SMARTS) is 1. The summed E-state index contributed by atoms with van der Waals surface area (Å²) in [5.41, 5.74) is 1.78. The molecule has 0 saturated carbocycles. The van der Waals surface area contributed by atoms with E-state index in [0.29, 0.717) is 10.5 Å². The number of nitrogens with one attached hydrogen (secondary N) is 1. The van der Waals surface area contributed by atoms with Crippen molar-refractivity contribution in [2.24, 2.45) is 5.10 Å². The summed E-state index contributed by atoms with van der Waals surface area (Å²) in [5.74, 6) is -1.58. The first-order chi connectivity index (χ1) is 11.0. The Morgan fingerprint density at radius 1 is 1.35 bits per heavy atom. The third kappa shape index (κ3) is 4.00. The van der Waals surface area contributed by atoms with Crippen molar-refractivity contribution < 1.29 is 24.2 Å². The predicted octanol–water partition coefficient (Wildman–Crippen LogP) is -0.0577. The number of nitrogens with zero attached hydrogens (tertiary/aromatic N) is 3. The van der Waals surface area contributed by atoms with E-state index in [9.17, 15) is 19.9 Å². The van der Waals surface area contributed by atoms with Crippen LogP contribution in [0.15, 0.2) is 48.0 Å². The molecule has 2 N–H and O–H groups in total. The van der Waals surface area contributed by atoms with Crippen molar-refractivity contribution in [2.45, 2.75) is 0 Å². The molecule has 118 valence electrons. The summed E-state index contributed by atoms with van der Waals surface area (Å²) in [6.45, 7) is 0. The molecule has 0 fully saturated rings. The molecule has 0 aliphatic carbocycles. The van der Waals surface area contributed by atoms with Crippen molar-refractivity contribution in [3.63, 3.8) is 0 Å². The Bertz CT molecular complexity index is 758. The Morgan fingerprint density at radius 2 is 2.04 bits per heavy atom. The third-order valence-electron chi connectivity index (χ3n) is 2.74. The summed E-state index contributed by atoms with van der Waals surface area (Å²) >= 11 is 0. The molecule has 1 amide bonds. The molecule has 0 aliphatic rings. The van der Waals surface area contributed by atoms with Crippen molar-refractivity contribution in [3.05, 3.63) is 59.3 Å². The number of carboxylic acids is 1. The maximum atomic E-state index is 11.8. The molecule has 0 saturated heterocycles. The Kier molecular flexibility index (Phi) is 4.82. The van der Waals surface area contributed by atoms with Gasteiger partial charge in [-0.2, -0.15) is 9.83 Å². The van der Waals surface area contributed by atoms with Crippen LogP contribution in [0.5, 0.6) is 5.75 Å². The Labute approximate surface area is 130 Å². The Balaban J connectivity index is 2.21. The lowest BCUT2D eigenvalue weighted by Crippen LogP contribution is -2.30. The molecule has 0 aliphatic heterocycles. The molecule has 23 heavy (non-hydrogen) atoms. The Morgan fingerprint density at radius 3 is 2.61 bits per heavy atom. The molecular formula is C14H12N4O5. The van der Waals surface area contributed by atoms with Gasteiger partial charge in [0, 0.05) is 5.56 Å². The minimum atomic E-state index is -1.32. The lowest BCUT2D eigenvalue weighted by molar-refractivity contribution is -0.606.